The van der Waals surface area contributed by atoms with Crippen molar-refractivity contribution in [3.8, 4) is 0 Å². The van der Waals surface area contributed by atoms with E-state index in [9.17, 15) is 14.4 Å². The molecule has 7 nitrogen and oxygen atoms in total. The summed E-state index contributed by atoms with van der Waals surface area (Å²) >= 11 is 0. The maximum absolute atomic E-state index is 12.9. The third kappa shape index (κ3) is 3.66. The fraction of sp³-hybridized carbons (Fsp3) is 0.524. The highest BCUT2D eigenvalue weighted by atomic mass is 16.5. The molecule has 0 spiro atoms. The number of carbonyl (C=O) groups is 2. The van der Waals surface area contributed by atoms with Crippen LogP contribution in [0.4, 0.5) is 0 Å². The van der Waals surface area contributed by atoms with Gasteiger partial charge in [0, 0.05) is 24.0 Å². The minimum Gasteiger partial charge on any atom is -0.448 e. The Labute approximate surface area is 164 Å². The Balaban J connectivity index is 1.88. The van der Waals surface area contributed by atoms with E-state index in [-0.39, 0.29) is 29.2 Å². The molecule has 1 aromatic heterocycles. The number of nitrogens with zero attached hydrogens (tertiary/aromatic N) is 3. The number of amides is 1. The lowest BCUT2D eigenvalue weighted by molar-refractivity contribution is -0.146. The molecule has 3 atom stereocenters. The maximum atomic E-state index is 12.9. The van der Waals surface area contributed by atoms with Crippen molar-refractivity contribution in [1.29, 1.82) is 0 Å². The van der Waals surface area contributed by atoms with E-state index >= 15 is 0 Å². The van der Waals surface area contributed by atoms with Gasteiger partial charge in [-0.1, -0.05) is 18.2 Å². The number of aromatic nitrogens is 2. The van der Waals surface area contributed by atoms with Crippen LogP contribution in [0, 0.1) is 0 Å². The smallest absolute Gasteiger partial charge is 0.360 e. The van der Waals surface area contributed by atoms with E-state index in [0.29, 0.717) is 17.3 Å². The number of hydrogen-bond donors (Lipinski definition) is 0. The average Bonchev–Trinajstić information content (AvgIpc) is 2.68. The highest BCUT2D eigenvalue weighted by molar-refractivity contribution is 6.02. The van der Waals surface area contributed by atoms with Gasteiger partial charge in [-0.05, 0) is 53.0 Å². The fourth-order valence-electron chi connectivity index (χ4n) is 3.93. The van der Waals surface area contributed by atoms with E-state index in [0.717, 1.165) is 19.3 Å². The van der Waals surface area contributed by atoms with Gasteiger partial charge in [-0.3, -0.25) is 9.59 Å². The summed E-state index contributed by atoms with van der Waals surface area (Å²) < 4.78 is 6.72. The van der Waals surface area contributed by atoms with Crippen LogP contribution < -0.4 is 5.56 Å². The van der Waals surface area contributed by atoms with E-state index in [4.69, 9.17) is 4.74 Å². The molecular weight excluding hydrogens is 358 g/mol. The molecule has 0 N–H and O–H groups in total. The molecule has 1 amide bonds. The zero-order valence-electron chi connectivity index (χ0n) is 16.8. The molecule has 28 heavy (non-hydrogen) atoms. The number of benzene rings is 1. The highest BCUT2D eigenvalue weighted by Crippen LogP contribution is 2.24. The quantitative estimate of drug-likeness (QED) is 0.756. The molecule has 0 bridgehead atoms. The molecule has 3 rings (SSSR count). The first-order valence-corrected chi connectivity index (χ1v) is 9.88. The van der Waals surface area contributed by atoms with Crippen molar-refractivity contribution in [3.05, 3.63) is 40.3 Å². The summed E-state index contributed by atoms with van der Waals surface area (Å²) in [4.78, 5) is 40.0. The van der Waals surface area contributed by atoms with Gasteiger partial charge in [-0.15, -0.1) is 0 Å². The molecule has 1 aliphatic heterocycles. The Morgan fingerprint density at radius 1 is 1.18 bits per heavy atom. The number of ether oxygens (including phenoxy) is 1. The standard InChI is InChI=1S/C21H27N3O4/c1-5-23-20(26)17-12-7-6-11-16(17)18(22-23)21(27)28-15(4)19(25)24-13(2)9-8-10-14(24)3/h6-7,11-15H,5,8-10H2,1-4H3/t13-,14+,15-/m0/s1. The SMILES string of the molecule is CCn1nc(C(=O)O[C@@H](C)C(=O)N2[C@H](C)CCC[C@@H]2C)c2ccccc2c1=O. The van der Waals surface area contributed by atoms with Crippen molar-refractivity contribution in [3.63, 3.8) is 0 Å². The summed E-state index contributed by atoms with van der Waals surface area (Å²) in [5.74, 6) is -0.891. The Bertz CT molecular complexity index is 942. The molecule has 1 aliphatic rings. The van der Waals surface area contributed by atoms with Crippen molar-refractivity contribution < 1.29 is 14.3 Å². The first kappa shape index (κ1) is 20.0. The van der Waals surface area contributed by atoms with Gasteiger partial charge in [0.25, 0.3) is 11.5 Å². The van der Waals surface area contributed by atoms with Gasteiger partial charge in [0.05, 0.1) is 5.39 Å². The van der Waals surface area contributed by atoms with Crippen molar-refractivity contribution in [1.82, 2.24) is 14.7 Å². The number of esters is 1. The van der Waals surface area contributed by atoms with Gasteiger partial charge >= 0.3 is 5.97 Å². The van der Waals surface area contributed by atoms with Crippen LogP contribution in [-0.4, -0.2) is 44.7 Å². The minimum absolute atomic E-state index is 0.0523. The largest absolute Gasteiger partial charge is 0.448 e. The van der Waals surface area contributed by atoms with Crippen molar-refractivity contribution in [2.75, 3.05) is 0 Å². The summed E-state index contributed by atoms with van der Waals surface area (Å²) in [6, 6.07) is 7.05. The fourth-order valence-corrected chi connectivity index (χ4v) is 3.93. The van der Waals surface area contributed by atoms with Gasteiger partial charge in [0.2, 0.25) is 0 Å². The molecule has 1 saturated heterocycles. The van der Waals surface area contributed by atoms with Crippen LogP contribution in [0.3, 0.4) is 0 Å². The van der Waals surface area contributed by atoms with E-state index in [2.05, 4.69) is 5.10 Å². The Morgan fingerprint density at radius 3 is 2.39 bits per heavy atom. The molecule has 0 saturated carbocycles. The molecule has 1 aromatic carbocycles. The van der Waals surface area contributed by atoms with Gasteiger partial charge in [0.15, 0.2) is 11.8 Å². The number of fused-ring (bicyclic) bond motifs is 1. The van der Waals surface area contributed by atoms with Crippen molar-refractivity contribution >= 4 is 22.6 Å². The summed E-state index contributed by atoms with van der Waals surface area (Å²) in [6.45, 7) is 7.75. The summed E-state index contributed by atoms with van der Waals surface area (Å²) in [5, 5.41) is 5.02. The van der Waals surface area contributed by atoms with Crippen LogP contribution >= 0.6 is 0 Å². The number of aryl methyl sites for hydroxylation is 1. The highest BCUT2D eigenvalue weighted by Gasteiger charge is 2.33. The lowest BCUT2D eigenvalue weighted by atomic mass is 9.97. The summed E-state index contributed by atoms with van der Waals surface area (Å²) in [5.41, 5.74) is -0.203. The van der Waals surface area contributed by atoms with Crippen LogP contribution in [0.2, 0.25) is 0 Å². The number of likely N-dealkylation sites (tertiary alicyclic amines) is 1. The molecule has 1 fully saturated rings. The lowest BCUT2D eigenvalue weighted by Crippen LogP contribution is -2.51. The van der Waals surface area contributed by atoms with E-state index < -0.39 is 12.1 Å². The zero-order valence-corrected chi connectivity index (χ0v) is 16.8. The minimum atomic E-state index is -0.918. The normalized spacial score (nSPS) is 20.8. The van der Waals surface area contributed by atoms with Crippen LogP contribution in [-0.2, 0) is 16.1 Å². The van der Waals surface area contributed by atoms with Crippen LogP contribution in [0.15, 0.2) is 29.1 Å². The molecule has 2 heterocycles. The molecule has 7 heteroatoms. The van der Waals surface area contributed by atoms with Gasteiger partial charge < -0.3 is 9.64 Å². The van der Waals surface area contributed by atoms with E-state index in [1.807, 2.05) is 18.7 Å². The van der Waals surface area contributed by atoms with Gasteiger partial charge in [-0.2, -0.15) is 5.10 Å². The summed E-state index contributed by atoms with van der Waals surface area (Å²) in [7, 11) is 0. The number of hydrogen-bond acceptors (Lipinski definition) is 5. The second-order valence-corrected chi connectivity index (χ2v) is 7.44. The Hall–Kier alpha value is -2.70. The molecule has 2 aromatic rings. The molecule has 150 valence electrons. The molecular formula is C21H27N3O4. The van der Waals surface area contributed by atoms with Crippen molar-refractivity contribution in [2.24, 2.45) is 0 Å². The summed E-state index contributed by atoms with van der Waals surface area (Å²) in [6.07, 6.45) is 2.07. The third-order valence-electron chi connectivity index (χ3n) is 5.44. The monoisotopic (exact) mass is 385 g/mol. The zero-order chi connectivity index (χ0) is 20.4. The predicted molar refractivity (Wildman–Crippen MR) is 106 cm³/mol. The first-order chi connectivity index (χ1) is 13.3. The average molecular weight is 385 g/mol. The molecule has 0 unspecified atom stereocenters. The topological polar surface area (TPSA) is 81.5 Å². The lowest BCUT2D eigenvalue weighted by Gasteiger charge is -2.40. The first-order valence-electron chi connectivity index (χ1n) is 9.88. The third-order valence-corrected chi connectivity index (χ3v) is 5.44. The maximum Gasteiger partial charge on any atom is 0.360 e. The van der Waals surface area contributed by atoms with Crippen LogP contribution in [0.5, 0.6) is 0 Å². The van der Waals surface area contributed by atoms with Crippen LogP contribution in [0.25, 0.3) is 10.8 Å². The Kier molecular flexibility index (Phi) is 5.82. The second-order valence-electron chi connectivity index (χ2n) is 7.44. The predicted octanol–water partition coefficient (Wildman–Crippen LogP) is 2.75. The molecule has 0 aliphatic carbocycles. The van der Waals surface area contributed by atoms with E-state index in [1.54, 1.807) is 38.1 Å². The second kappa shape index (κ2) is 8.12. The molecule has 0 radical (unpaired) electrons. The van der Waals surface area contributed by atoms with Gasteiger partial charge in [0.1, 0.15) is 0 Å². The van der Waals surface area contributed by atoms with Crippen LogP contribution in [0.1, 0.15) is 57.4 Å². The van der Waals surface area contributed by atoms with Gasteiger partial charge in [-0.25, -0.2) is 9.48 Å². The van der Waals surface area contributed by atoms with E-state index in [1.165, 1.54) is 4.68 Å². The Morgan fingerprint density at radius 2 is 1.79 bits per heavy atom. The number of rotatable bonds is 4. The number of carbonyl (C=O) groups excluding carboxylic acids is 2. The number of piperidine rings is 1. The van der Waals surface area contributed by atoms with Crippen molar-refractivity contribution in [2.45, 2.75) is 71.7 Å².